The number of nitrogens with one attached hydrogen (secondary N) is 1. The van der Waals surface area contributed by atoms with Gasteiger partial charge in [0.1, 0.15) is 5.54 Å². The number of aromatic nitrogens is 1. The second kappa shape index (κ2) is 6.79. The van der Waals surface area contributed by atoms with Gasteiger partial charge in [0.2, 0.25) is 0 Å². The normalized spacial score (nSPS) is 16.6. The van der Waals surface area contributed by atoms with Gasteiger partial charge in [-0.2, -0.15) is 0 Å². The van der Waals surface area contributed by atoms with Gasteiger partial charge in [-0.05, 0) is 39.2 Å². The number of carbonyl (C=O) groups is 3. The monoisotopic (exact) mass is 333 g/mol. The summed E-state index contributed by atoms with van der Waals surface area (Å²) >= 11 is 0. The van der Waals surface area contributed by atoms with Crippen LogP contribution in [0, 0.1) is 13.8 Å². The summed E-state index contributed by atoms with van der Waals surface area (Å²) in [5, 5.41) is 2.75. The number of carbonyl (C=O) groups excluding carboxylic acids is 3. The molecule has 3 amide bonds. The van der Waals surface area contributed by atoms with E-state index in [2.05, 4.69) is 16.8 Å². The Morgan fingerprint density at radius 1 is 1.17 bits per heavy atom. The van der Waals surface area contributed by atoms with E-state index in [0.29, 0.717) is 18.4 Å². The molecule has 0 atom stereocenters. The molecule has 24 heavy (non-hydrogen) atoms. The molecule has 0 bridgehead atoms. The third-order valence-electron chi connectivity index (χ3n) is 5.08. The number of urea groups is 1. The molecule has 0 aliphatic carbocycles. The highest BCUT2D eigenvalue weighted by atomic mass is 16.2. The molecule has 1 fully saturated rings. The molecular formula is C18H27N3O3. The van der Waals surface area contributed by atoms with Gasteiger partial charge in [-0.15, -0.1) is 0 Å². The summed E-state index contributed by atoms with van der Waals surface area (Å²) in [4.78, 5) is 38.5. The molecule has 1 aromatic heterocycles. The molecule has 2 heterocycles. The van der Waals surface area contributed by atoms with Gasteiger partial charge >= 0.3 is 6.03 Å². The highest BCUT2D eigenvalue weighted by Gasteiger charge is 2.49. The Bertz CT molecular complexity index is 671. The average molecular weight is 333 g/mol. The van der Waals surface area contributed by atoms with Gasteiger partial charge in [-0.3, -0.25) is 14.5 Å². The first-order valence-corrected chi connectivity index (χ1v) is 8.65. The maximum atomic E-state index is 12.7. The summed E-state index contributed by atoms with van der Waals surface area (Å²) in [5.74, 6) is -0.495. The van der Waals surface area contributed by atoms with Gasteiger partial charge in [0, 0.05) is 23.5 Å². The van der Waals surface area contributed by atoms with Crippen molar-refractivity contribution in [2.45, 2.75) is 66.0 Å². The molecule has 1 N–H and O–H groups in total. The van der Waals surface area contributed by atoms with E-state index in [0.717, 1.165) is 29.3 Å². The van der Waals surface area contributed by atoms with E-state index < -0.39 is 11.6 Å². The van der Waals surface area contributed by atoms with Crippen LogP contribution in [0.15, 0.2) is 6.07 Å². The standard InChI is InChI=1S/C18H27N3O3/c1-6-9-20-12(4)10-14(13(20)5)15(22)11-21-16(23)18(7-2,8-3)19-17(21)24/h10H,6-9,11H2,1-5H3,(H,19,24). The molecule has 1 aliphatic rings. The highest BCUT2D eigenvalue weighted by Crippen LogP contribution is 2.25. The summed E-state index contributed by atoms with van der Waals surface area (Å²) in [7, 11) is 0. The Morgan fingerprint density at radius 3 is 2.29 bits per heavy atom. The largest absolute Gasteiger partial charge is 0.348 e. The molecule has 1 aromatic rings. The van der Waals surface area contributed by atoms with Gasteiger partial charge < -0.3 is 9.88 Å². The van der Waals surface area contributed by atoms with Gasteiger partial charge in [0.15, 0.2) is 5.78 Å². The van der Waals surface area contributed by atoms with Gasteiger partial charge in [-0.1, -0.05) is 20.8 Å². The quantitative estimate of drug-likeness (QED) is 0.616. The predicted octanol–water partition coefficient (Wildman–Crippen LogP) is 2.81. The number of rotatable bonds is 7. The Morgan fingerprint density at radius 2 is 1.79 bits per heavy atom. The van der Waals surface area contributed by atoms with Crippen LogP contribution in [0.5, 0.6) is 0 Å². The Balaban J connectivity index is 2.23. The number of nitrogens with zero attached hydrogens (tertiary/aromatic N) is 2. The minimum atomic E-state index is -0.865. The fourth-order valence-corrected chi connectivity index (χ4v) is 3.43. The van der Waals surface area contributed by atoms with Crippen molar-refractivity contribution >= 4 is 17.7 Å². The molecule has 6 nitrogen and oxygen atoms in total. The maximum Gasteiger partial charge on any atom is 0.325 e. The first-order valence-electron chi connectivity index (χ1n) is 8.65. The molecule has 0 unspecified atom stereocenters. The van der Waals surface area contributed by atoms with Crippen LogP contribution in [0.1, 0.15) is 61.8 Å². The lowest BCUT2D eigenvalue weighted by atomic mass is 9.93. The summed E-state index contributed by atoms with van der Waals surface area (Å²) in [6.45, 7) is 10.3. The summed E-state index contributed by atoms with van der Waals surface area (Å²) in [5.41, 5.74) is 1.64. The molecule has 0 aromatic carbocycles. The SMILES string of the molecule is CCCn1c(C)cc(C(=O)CN2C(=O)NC(CC)(CC)C2=O)c1C. The van der Waals surface area contributed by atoms with Crippen molar-refractivity contribution in [3.05, 3.63) is 23.0 Å². The van der Waals surface area contributed by atoms with E-state index in [1.165, 1.54) is 0 Å². The third-order valence-corrected chi connectivity index (χ3v) is 5.08. The zero-order valence-corrected chi connectivity index (χ0v) is 15.2. The number of hydrogen-bond donors (Lipinski definition) is 1. The minimum Gasteiger partial charge on any atom is -0.348 e. The van der Waals surface area contributed by atoms with Crippen LogP contribution in [-0.2, 0) is 11.3 Å². The van der Waals surface area contributed by atoms with Crippen LogP contribution in [0.25, 0.3) is 0 Å². The van der Waals surface area contributed by atoms with Crippen molar-refractivity contribution < 1.29 is 14.4 Å². The second-order valence-electron chi connectivity index (χ2n) is 6.47. The summed E-state index contributed by atoms with van der Waals surface area (Å²) in [6, 6.07) is 1.37. The van der Waals surface area contributed by atoms with Crippen molar-refractivity contribution in [2.24, 2.45) is 0 Å². The van der Waals surface area contributed by atoms with Gasteiger partial charge in [-0.25, -0.2) is 4.79 Å². The molecular weight excluding hydrogens is 306 g/mol. The van der Waals surface area contributed by atoms with Gasteiger partial charge in [0.25, 0.3) is 5.91 Å². The van der Waals surface area contributed by atoms with E-state index in [1.54, 1.807) is 0 Å². The zero-order valence-electron chi connectivity index (χ0n) is 15.2. The first kappa shape index (κ1) is 18.2. The Hall–Kier alpha value is -2.11. The molecule has 0 spiro atoms. The number of hydrogen-bond acceptors (Lipinski definition) is 3. The van der Waals surface area contributed by atoms with Crippen molar-refractivity contribution in [3.8, 4) is 0 Å². The lowest BCUT2D eigenvalue weighted by Crippen LogP contribution is -2.46. The number of imide groups is 1. The zero-order chi connectivity index (χ0) is 18.1. The van der Waals surface area contributed by atoms with Crippen LogP contribution < -0.4 is 5.32 Å². The molecule has 1 saturated heterocycles. The lowest BCUT2D eigenvalue weighted by Gasteiger charge is -2.22. The highest BCUT2D eigenvalue weighted by molar-refractivity contribution is 6.11. The number of amides is 3. The molecule has 132 valence electrons. The molecule has 2 rings (SSSR count). The first-order chi connectivity index (χ1) is 11.3. The number of Topliss-reactive ketones (excluding diaryl/α,β-unsaturated/α-hetero) is 1. The average Bonchev–Trinajstić information content (AvgIpc) is 2.97. The Labute approximate surface area is 143 Å². The molecule has 1 aliphatic heterocycles. The van der Waals surface area contributed by atoms with Crippen molar-refractivity contribution in [1.29, 1.82) is 0 Å². The lowest BCUT2D eigenvalue weighted by molar-refractivity contribution is -0.131. The number of aryl methyl sites for hydroxylation is 1. The maximum absolute atomic E-state index is 12.7. The molecule has 0 radical (unpaired) electrons. The van der Waals surface area contributed by atoms with Crippen LogP contribution in [0.3, 0.4) is 0 Å². The number of ketones is 1. The van der Waals surface area contributed by atoms with Crippen LogP contribution in [-0.4, -0.2) is 39.3 Å². The van der Waals surface area contributed by atoms with Crippen molar-refractivity contribution in [1.82, 2.24) is 14.8 Å². The smallest absolute Gasteiger partial charge is 0.325 e. The van der Waals surface area contributed by atoms with E-state index in [1.807, 2.05) is 33.8 Å². The van der Waals surface area contributed by atoms with E-state index in [9.17, 15) is 14.4 Å². The predicted molar refractivity (Wildman–Crippen MR) is 92.1 cm³/mol. The fraction of sp³-hybridized carbons (Fsp3) is 0.611. The summed E-state index contributed by atoms with van der Waals surface area (Å²) < 4.78 is 2.10. The van der Waals surface area contributed by atoms with Crippen molar-refractivity contribution in [2.75, 3.05) is 6.54 Å². The third kappa shape index (κ3) is 2.85. The second-order valence-corrected chi connectivity index (χ2v) is 6.47. The van der Waals surface area contributed by atoms with E-state index in [4.69, 9.17) is 0 Å². The van der Waals surface area contributed by atoms with Crippen LogP contribution >= 0.6 is 0 Å². The Kier molecular flexibility index (Phi) is 5.16. The summed E-state index contributed by atoms with van der Waals surface area (Å²) in [6.07, 6.45) is 2.01. The van der Waals surface area contributed by atoms with E-state index in [-0.39, 0.29) is 18.2 Å². The fourth-order valence-electron chi connectivity index (χ4n) is 3.43. The van der Waals surface area contributed by atoms with Crippen molar-refractivity contribution in [3.63, 3.8) is 0 Å². The van der Waals surface area contributed by atoms with E-state index >= 15 is 0 Å². The van der Waals surface area contributed by atoms with Crippen LogP contribution in [0.2, 0.25) is 0 Å². The molecule has 6 heteroatoms. The molecule has 0 saturated carbocycles. The van der Waals surface area contributed by atoms with Gasteiger partial charge in [0.05, 0.1) is 6.54 Å². The minimum absolute atomic E-state index is 0.197. The topological polar surface area (TPSA) is 71.4 Å². The van der Waals surface area contributed by atoms with Crippen LogP contribution in [0.4, 0.5) is 4.79 Å².